The van der Waals surface area contributed by atoms with Gasteiger partial charge >= 0.3 is 11.9 Å². The van der Waals surface area contributed by atoms with Crippen molar-refractivity contribution < 1.29 is 22.9 Å². The Labute approximate surface area is 123 Å². The lowest BCUT2D eigenvalue weighted by Gasteiger charge is -2.23. The molecule has 1 aliphatic rings. The molecule has 1 fully saturated rings. The molecular formula is C11H14F3N5O3. The highest BCUT2D eigenvalue weighted by Gasteiger charge is 2.40. The Morgan fingerprint density at radius 2 is 2.23 bits per heavy atom. The number of hydrogen-bond donors (Lipinski definition) is 0. The third-order valence-electron chi connectivity index (χ3n) is 3.37. The fourth-order valence-electron chi connectivity index (χ4n) is 2.36. The van der Waals surface area contributed by atoms with Crippen molar-refractivity contribution in [3.63, 3.8) is 0 Å². The van der Waals surface area contributed by atoms with Crippen molar-refractivity contribution in [2.45, 2.75) is 25.3 Å². The van der Waals surface area contributed by atoms with Gasteiger partial charge in [0.1, 0.15) is 18.9 Å². The minimum absolute atomic E-state index is 0.0343. The van der Waals surface area contributed by atoms with E-state index in [0.717, 1.165) is 11.1 Å². The van der Waals surface area contributed by atoms with Crippen LogP contribution in [-0.2, 0) is 11.5 Å². The topological polar surface area (TPSA) is 84.5 Å². The molecule has 0 saturated carbocycles. The minimum Gasteiger partial charge on any atom is -0.332 e. The normalized spacial score (nSPS) is 19.2. The van der Waals surface area contributed by atoms with E-state index in [1.807, 2.05) is 0 Å². The second-order valence-electron chi connectivity index (χ2n) is 5.07. The van der Waals surface area contributed by atoms with Crippen molar-refractivity contribution in [1.29, 1.82) is 0 Å². The van der Waals surface area contributed by atoms with Crippen molar-refractivity contribution in [2.24, 2.45) is 0 Å². The van der Waals surface area contributed by atoms with Crippen LogP contribution in [0.25, 0.3) is 0 Å². The van der Waals surface area contributed by atoms with Gasteiger partial charge in [-0.05, 0) is 13.5 Å². The number of alkyl halides is 3. The van der Waals surface area contributed by atoms with Gasteiger partial charge in [0.25, 0.3) is 0 Å². The summed E-state index contributed by atoms with van der Waals surface area (Å²) in [5, 5.41) is 14.3. The summed E-state index contributed by atoms with van der Waals surface area (Å²) < 4.78 is 38.3. The van der Waals surface area contributed by atoms with Gasteiger partial charge in [-0.25, -0.2) is 0 Å². The molecule has 0 aliphatic carbocycles. The Kier molecular flexibility index (Phi) is 4.35. The van der Waals surface area contributed by atoms with Gasteiger partial charge in [0.15, 0.2) is 0 Å². The number of rotatable bonds is 5. The highest BCUT2D eigenvalue weighted by Crippen LogP contribution is 2.23. The summed E-state index contributed by atoms with van der Waals surface area (Å²) in [6, 6.07) is -0.689. The highest BCUT2D eigenvalue weighted by molar-refractivity contribution is 5.83. The van der Waals surface area contributed by atoms with Gasteiger partial charge < -0.3 is 4.90 Å². The van der Waals surface area contributed by atoms with E-state index >= 15 is 0 Å². The number of likely N-dealkylation sites (N-methyl/N-ethyl adjacent to an activating group) is 1. The number of aromatic nitrogens is 2. The molecule has 0 aromatic carbocycles. The maximum atomic E-state index is 12.3. The summed E-state index contributed by atoms with van der Waals surface area (Å²) in [5.74, 6) is -0.596. The summed E-state index contributed by atoms with van der Waals surface area (Å²) >= 11 is 0. The molecule has 22 heavy (non-hydrogen) atoms. The number of halogens is 3. The molecule has 2 heterocycles. The number of nitro groups is 1. The minimum atomic E-state index is -4.42. The average molecular weight is 321 g/mol. The Hall–Kier alpha value is -2.17. The first kappa shape index (κ1) is 16.2. The summed E-state index contributed by atoms with van der Waals surface area (Å²) in [7, 11) is 1.56. The Bertz CT molecular complexity index is 574. The number of carbonyl (C=O) groups excluding carboxylic acids is 1. The smallest absolute Gasteiger partial charge is 0.332 e. The molecule has 11 heteroatoms. The van der Waals surface area contributed by atoms with E-state index < -0.39 is 29.6 Å². The van der Waals surface area contributed by atoms with Gasteiger partial charge in [0.05, 0.1) is 17.6 Å². The predicted octanol–water partition coefficient (Wildman–Crippen LogP) is 0.844. The van der Waals surface area contributed by atoms with E-state index in [-0.39, 0.29) is 25.3 Å². The van der Waals surface area contributed by atoms with Crippen LogP contribution in [0.2, 0.25) is 0 Å². The van der Waals surface area contributed by atoms with Crippen molar-refractivity contribution in [2.75, 3.05) is 20.1 Å². The zero-order chi connectivity index (χ0) is 16.5. The Balaban J connectivity index is 1.96. The maximum Gasteiger partial charge on any atom is 0.406 e. The lowest BCUT2D eigenvalue weighted by Crippen LogP contribution is -2.43. The second kappa shape index (κ2) is 5.91. The lowest BCUT2D eigenvalue weighted by atomic mass is 10.2. The quantitative estimate of drug-likeness (QED) is 0.593. The first-order valence-electron chi connectivity index (χ1n) is 6.40. The van der Waals surface area contributed by atoms with Crippen LogP contribution in [0.15, 0.2) is 12.4 Å². The largest absolute Gasteiger partial charge is 0.406 e. The van der Waals surface area contributed by atoms with Crippen LogP contribution in [0.5, 0.6) is 0 Å². The van der Waals surface area contributed by atoms with E-state index in [0.29, 0.717) is 0 Å². The summed E-state index contributed by atoms with van der Waals surface area (Å²) in [6.07, 6.45) is -1.88. The molecule has 2 rings (SSSR count). The molecule has 1 unspecified atom stereocenters. The molecule has 122 valence electrons. The molecule has 1 aromatic rings. The number of hydrogen-bond acceptors (Lipinski definition) is 5. The van der Waals surface area contributed by atoms with Crippen LogP contribution in [0.3, 0.4) is 0 Å². The second-order valence-corrected chi connectivity index (χ2v) is 5.07. The summed E-state index contributed by atoms with van der Waals surface area (Å²) in [6.45, 7) is -1.15. The summed E-state index contributed by atoms with van der Waals surface area (Å²) in [4.78, 5) is 24.2. The van der Waals surface area contributed by atoms with Gasteiger partial charge in [-0.3, -0.25) is 24.5 Å². The van der Waals surface area contributed by atoms with Crippen LogP contribution in [0.4, 0.5) is 18.9 Å². The summed E-state index contributed by atoms with van der Waals surface area (Å²) in [5.41, 5.74) is -0.190. The van der Waals surface area contributed by atoms with E-state index in [2.05, 4.69) is 5.10 Å². The van der Waals surface area contributed by atoms with Gasteiger partial charge in [-0.2, -0.15) is 18.3 Å². The first-order chi connectivity index (χ1) is 10.2. The Morgan fingerprint density at radius 1 is 1.55 bits per heavy atom. The van der Waals surface area contributed by atoms with Gasteiger partial charge in [-0.15, -0.1) is 0 Å². The molecule has 8 nitrogen and oxygen atoms in total. The number of carbonyl (C=O) groups is 1. The molecule has 1 aromatic heterocycles. The monoisotopic (exact) mass is 321 g/mol. The van der Waals surface area contributed by atoms with E-state index in [9.17, 15) is 28.1 Å². The SMILES string of the molecule is CN(Cn1cc([N+](=O)[O-])cn1)C1CCN(CC(F)(F)F)C1=O. The van der Waals surface area contributed by atoms with Crippen LogP contribution < -0.4 is 0 Å². The number of nitrogens with zero attached hydrogens (tertiary/aromatic N) is 5. The molecular weight excluding hydrogens is 307 g/mol. The van der Waals surface area contributed by atoms with E-state index in [1.165, 1.54) is 15.8 Å². The Morgan fingerprint density at radius 3 is 2.77 bits per heavy atom. The third kappa shape index (κ3) is 3.72. The fraction of sp³-hybridized carbons (Fsp3) is 0.636. The van der Waals surface area contributed by atoms with Crippen LogP contribution >= 0.6 is 0 Å². The molecule has 1 atom stereocenters. The van der Waals surface area contributed by atoms with Gasteiger partial charge in [-0.1, -0.05) is 0 Å². The zero-order valence-corrected chi connectivity index (χ0v) is 11.7. The molecule has 0 bridgehead atoms. The molecule has 1 saturated heterocycles. The molecule has 0 N–H and O–H groups in total. The maximum absolute atomic E-state index is 12.3. The first-order valence-corrected chi connectivity index (χ1v) is 6.40. The molecule has 0 radical (unpaired) electrons. The van der Waals surface area contributed by atoms with Crippen molar-refractivity contribution in [1.82, 2.24) is 19.6 Å². The lowest BCUT2D eigenvalue weighted by molar-refractivity contribution is -0.385. The number of amides is 1. The highest BCUT2D eigenvalue weighted by atomic mass is 19.4. The van der Waals surface area contributed by atoms with Crippen molar-refractivity contribution in [3.05, 3.63) is 22.5 Å². The van der Waals surface area contributed by atoms with E-state index in [1.54, 1.807) is 7.05 Å². The van der Waals surface area contributed by atoms with Crippen LogP contribution in [0, 0.1) is 10.1 Å². The standard InChI is InChI=1S/C11H14F3N5O3/c1-16(7-18-5-8(4-15-18)19(21)22)9-2-3-17(10(9)20)6-11(12,13)14/h4-5,9H,2-3,6-7H2,1H3. The zero-order valence-electron chi connectivity index (χ0n) is 11.7. The van der Waals surface area contributed by atoms with Crippen LogP contribution in [-0.4, -0.2) is 62.8 Å². The number of likely N-dealkylation sites (tertiary alicyclic amines) is 1. The van der Waals surface area contributed by atoms with Crippen molar-refractivity contribution >= 4 is 11.6 Å². The predicted molar refractivity (Wildman–Crippen MR) is 67.7 cm³/mol. The van der Waals surface area contributed by atoms with Gasteiger partial charge in [0, 0.05) is 6.54 Å². The van der Waals surface area contributed by atoms with Gasteiger partial charge in [0.2, 0.25) is 5.91 Å². The van der Waals surface area contributed by atoms with E-state index in [4.69, 9.17) is 0 Å². The molecule has 1 amide bonds. The van der Waals surface area contributed by atoms with Crippen LogP contribution in [0.1, 0.15) is 6.42 Å². The molecule has 1 aliphatic heterocycles. The molecule has 0 spiro atoms. The fourth-order valence-corrected chi connectivity index (χ4v) is 2.36. The van der Waals surface area contributed by atoms with Crippen molar-refractivity contribution in [3.8, 4) is 0 Å². The third-order valence-corrected chi connectivity index (χ3v) is 3.37. The average Bonchev–Trinajstić information content (AvgIpc) is 2.96.